The number of rotatable bonds is 5. The molecule has 2 amide bonds. The Labute approximate surface area is 150 Å². The van der Waals surface area contributed by atoms with Gasteiger partial charge in [0.2, 0.25) is 5.91 Å². The summed E-state index contributed by atoms with van der Waals surface area (Å²) in [6.07, 6.45) is -0.162. The summed E-state index contributed by atoms with van der Waals surface area (Å²) < 4.78 is 5.16. The fourth-order valence-corrected chi connectivity index (χ4v) is 2.88. The molecule has 1 aliphatic heterocycles. The van der Waals surface area contributed by atoms with E-state index < -0.39 is 11.7 Å². The van der Waals surface area contributed by atoms with Gasteiger partial charge < -0.3 is 19.9 Å². The van der Waals surface area contributed by atoms with Crippen LogP contribution in [0.5, 0.6) is 0 Å². The molecule has 0 unspecified atom stereocenters. The first-order valence-electron chi connectivity index (χ1n) is 8.95. The molecule has 0 spiro atoms. The van der Waals surface area contributed by atoms with E-state index in [9.17, 15) is 9.59 Å². The number of hydrogen-bond donors (Lipinski definition) is 2. The highest BCUT2D eigenvalue weighted by Crippen LogP contribution is 2.06. The highest BCUT2D eigenvalue weighted by molar-refractivity contribution is 5.77. The lowest BCUT2D eigenvalue weighted by molar-refractivity contribution is -0.917. The maximum Gasteiger partial charge on any atom is 0.407 e. The standard InChI is InChI=1S/C19H29N3O3/c1-19(2,3)25-18(24)20-10-9-17(23)22-13-11-21(12-14-22)15-16-7-5-4-6-8-16/h4-8H,9-15H2,1-3H3,(H,20,24)/p+1. The Hall–Kier alpha value is -2.08. The Balaban J connectivity index is 1.65. The number of nitrogens with one attached hydrogen (secondary N) is 2. The largest absolute Gasteiger partial charge is 0.444 e. The van der Waals surface area contributed by atoms with E-state index in [0.29, 0.717) is 13.0 Å². The third kappa shape index (κ3) is 7.13. The van der Waals surface area contributed by atoms with Crippen molar-refractivity contribution in [2.24, 2.45) is 0 Å². The zero-order chi connectivity index (χ0) is 18.3. The summed E-state index contributed by atoms with van der Waals surface area (Å²) in [6, 6.07) is 10.4. The van der Waals surface area contributed by atoms with Crippen molar-refractivity contribution >= 4 is 12.0 Å². The fourth-order valence-electron chi connectivity index (χ4n) is 2.88. The predicted octanol–water partition coefficient (Wildman–Crippen LogP) is 0.829. The molecule has 25 heavy (non-hydrogen) atoms. The molecule has 0 bridgehead atoms. The van der Waals surface area contributed by atoms with Gasteiger partial charge in [0, 0.05) is 18.5 Å². The molecular formula is C19H30N3O3+. The van der Waals surface area contributed by atoms with E-state index >= 15 is 0 Å². The van der Waals surface area contributed by atoms with Crippen molar-refractivity contribution in [1.29, 1.82) is 0 Å². The van der Waals surface area contributed by atoms with Crippen LogP contribution >= 0.6 is 0 Å². The van der Waals surface area contributed by atoms with E-state index in [0.717, 1.165) is 32.7 Å². The fraction of sp³-hybridized carbons (Fsp3) is 0.579. The minimum atomic E-state index is -0.522. The summed E-state index contributed by atoms with van der Waals surface area (Å²) in [5.74, 6) is 0.0924. The van der Waals surface area contributed by atoms with Gasteiger partial charge in [0.05, 0.1) is 26.2 Å². The van der Waals surface area contributed by atoms with Gasteiger partial charge in [-0.3, -0.25) is 4.79 Å². The SMILES string of the molecule is CC(C)(C)OC(=O)NCCC(=O)N1CC[NH+](Cc2ccccc2)CC1. The number of amides is 2. The summed E-state index contributed by atoms with van der Waals surface area (Å²) in [6.45, 7) is 10.2. The van der Waals surface area contributed by atoms with Gasteiger partial charge in [0.15, 0.2) is 0 Å². The van der Waals surface area contributed by atoms with Crippen molar-refractivity contribution in [3.8, 4) is 0 Å². The van der Waals surface area contributed by atoms with Crippen molar-refractivity contribution in [2.45, 2.75) is 39.3 Å². The van der Waals surface area contributed by atoms with E-state index in [-0.39, 0.29) is 5.91 Å². The van der Waals surface area contributed by atoms with Crippen molar-refractivity contribution in [3.63, 3.8) is 0 Å². The molecule has 1 fully saturated rings. The summed E-state index contributed by atoms with van der Waals surface area (Å²) in [5, 5.41) is 2.64. The molecule has 1 aliphatic rings. The van der Waals surface area contributed by atoms with Crippen LogP contribution in [0.1, 0.15) is 32.8 Å². The third-order valence-corrected chi connectivity index (χ3v) is 4.13. The Kier molecular flexibility index (Phi) is 6.82. The molecule has 1 saturated heterocycles. The molecule has 6 nitrogen and oxygen atoms in total. The molecule has 1 aromatic carbocycles. The van der Waals surface area contributed by atoms with Gasteiger partial charge in [0.25, 0.3) is 0 Å². The number of hydrogen-bond acceptors (Lipinski definition) is 3. The topological polar surface area (TPSA) is 63.1 Å². The van der Waals surface area contributed by atoms with Gasteiger partial charge in [0.1, 0.15) is 12.1 Å². The van der Waals surface area contributed by atoms with Crippen LogP contribution in [0.25, 0.3) is 0 Å². The van der Waals surface area contributed by atoms with Crippen molar-refractivity contribution < 1.29 is 19.2 Å². The second kappa shape index (κ2) is 8.85. The maximum absolute atomic E-state index is 12.3. The number of nitrogens with zero attached hydrogens (tertiary/aromatic N) is 1. The maximum atomic E-state index is 12.3. The van der Waals surface area contributed by atoms with Gasteiger partial charge in [-0.2, -0.15) is 0 Å². The highest BCUT2D eigenvalue weighted by atomic mass is 16.6. The minimum Gasteiger partial charge on any atom is -0.444 e. The number of benzene rings is 1. The Bertz CT molecular complexity index is 561. The monoisotopic (exact) mass is 348 g/mol. The smallest absolute Gasteiger partial charge is 0.407 e. The molecule has 0 atom stereocenters. The van der Waals surface area contributed by atoms with Crippen LogP contribution in [0.2, 0.25) is 0 Å². The zero-order valence-electron chi connectivity index (χ0n) is 15.5. The molecule has 0 aliphatic carbocycles. The van der Waals surface area contributed by atoms with Crippen LogP contribution in [0.15, 0.2) is 30.3 Å². The van der Waals surface area contributed by atoms with Gasteiger partial charge in [-0.05, 0) is 20.8 Å². The summed E-state index contributed by atoms with van der Waals surface area (Å²) in [5.41, 5.74) is 0.810. The van der Waals surface area contributed by atoms with E-state index in [1.807, 2.05) is 31.7 Å². The van der Waals surface area contributed by atoms with E-state index in [1.54, 1.807) is 0 Å². The summed E-state index contributed by atoms with van der Waals surface area (Å²) >= 11 is 0. The molecule has 138 valence electrons. The molecule has 1 aromatic rings. The molecule has 0 saturated carbocycles. The minimum absolute atomic E-state index is 0.0924. The van der Waals surface area contributed by atoms with E-state index in [4.69, 9.17) is 4.74 Å². The van der Waals surface area contributed by atoms with E-state index in [2.05, 4.69) is 29.6 Å². The average Bonchev–Trinajstić information content (AvgIpc) is 2.54. The van der Waals surface area contributed by atoms with Gasteiger partial charge in [-0.15, -0.1) is 0 Å². The lowest BCUT2D eigenvalue weighted by atomic mass is 10.2. The van der Waals surface area contributed by atoms with Crippen LogP contribution in [0, 0.1) is 0 Å². The van der Waals surface area contributed by atoms with Crippen molar-refractivity contribution in [1.82, 2.24) is 10.2 Å². The Morgan fingerprint density at radius 1 is 1.16 bits per heavy atom. The lowest BCUT2D eigenvalue weighted by Crippen LogP contribution is -3.13. The van der Waals surface area contributed by atoms with Crippen LogP contribution < -0.4 is 10.2 Å². The van der Waals surface area contributed by atoms with Gasteiger partial charge >= 0.3 is 6.09 Å². The average molecular weight is 348 g/mol. The summed E-state index contributed by atoms with van der Waals surface area (Å²) in [7, 11) is 0. The first-order valence-corrected chi connectivity index (χ1v) is 8.95. The Morgan fingerprint density at radius 3 is 2.40 bits per heavy atom. The quantitative estimate of drug-likeness (QED) is 0.828. The molecule has 2 rings (SSSR count). The van der Waals surface area contributed by atoms with Gasteiger partial charge in [-0.1, -0.05) is 30.3 Å². The van der Waals surface area contributed by atoms with Crippen molar-refractivity contribution in [2.75, 3.05) is 32.7 Å². The molecule has 0 aromatic heterocycles. The zero-order valence-corrected chi connectivity index (χ0v) is 15.5. The predicted molar refractivity (Wildman–Crippen MR) is 96.3 cm³/mol. The molecular weight excluding hydrogens is 318 g/mol. The third-order valence-electron chi connectivity index (χ3n) is 4.13. The number of piperazine rings is 1. The van der Waals surface area contributed by atoms with Crippen LogP contribution in [0.3, 0.4) is 0 Å². The second-order valence-corrected chi connectivity index (χ2v) is 7.47. The van der Waals surface area contributed by atoms with Crippen LogP contribution in [0.4, 0.5) is 4.79 Å². The number of carbonyl (C=O) groups excluding carboxylic acids is 2. The Morgan fingerprint density at radius 2 is 1.80 bits per heavy atom. The molecule has 2 N–H and O–H groups in total. The van der Waals surface area contributed by atoms with Crippen molar-refractivity contribution in [3.05, 3.63) is 35.9 Å². The first-order chi connectivity index (χ1) is 11.8. The van der Waals surface area contributed by atoms with E-state index in [1.165, 1.54) is 10.5 Å². The summed E-state index contributed by atoms with van der Waals surface area (Å²) in [4.78, 5) is 27.2. The van der Waals surface area contributed by atoms with Crippen LogP contribution in [-0.4, -0.2) is 55.2 Å². The normalized spacial score (nSPS) is 15.7. The number of quaternary nitrogens is 1. The molecule has 0 radical (unpaired) electrons. The van der Waals surface area contributed by atoms with Crippen LogP contribution in [-0.2, 0) is 16.1 Å². The second-order valence-electron chi connectivity index (χ2n) is 7.47. The number of ether oxygens (including phenoxy) is 1. The highest BCUT2D eigenvalue weighted by Gasteiger charge is 2.23. The lowest BCUT2D eigenvalue weighted by Gasteiger charge is -2.32. The molecule has 6 heteroatoms. The first kappa shape index (κ1) is 19.2. The molecule has 1 heterocycles. The number of alkyl carbamates (subject to hydrolysis) is 1. The number of carbonyl (C=O) groups is 2. The van der Waals surface area contributed by atoms with Gasteiger partial charge in [-0.25, -0.2) is 4.79 Å².